The van der Waals surface area contributed by atoms with E-state index in [9.17, 15) is 4.57 Å². The molecule has 0 spiro atoms. The monoisotopic (exact) mass is 305 g/mol. The highest BCUT2D eigenvalue weighted by molar-refractivity contribution is 7.49. The quantitative estimate of drug-likeness (QED) is 0.782. The van der Waals surface area contributed by atoms with Crippen molar-refractivity contribution in [1.29, 1.82) is 0 Å². The second kappa shape index (κ2) is 5.17. The zero-order valence-corrected chi connectivity index (χ0v) is 13.0. The summed E-state index contributed by atoms with van der Waals surface area (Å²) in [6.07, 6.45) is 0. The minimum Gasteiger partial charge on any atom is -0.395 e. The fraction of sp³-hybridized carbons (Fsp3) is 0.267. The number of benzene rings is 1. The summed E-state index contributed by atoms with van der Waals surface area (Å²) in [7, 11) is -3.66. The molecule has 0 amide bonds. The van der Waals surface area contributed by atoms with Gasteiger partial charge in [-0.1, -0.05) is 6.07 Å². The molecule has 0 fully saturated rings. The Kier molecular flexibility index (Phi) is 3.47. The number of aryl methyl sites for hydroxylation is 3. The highest BCUT2D eigenvalue weighted by Crippen LogP contribution is 2.54. The van der Waals surface area contributed by atoms with E-state index in [0.717, 1.165) is 16.8 Å². The minimum absolute atomic E-state index is 0.110. The largest absolute Gasteiger partial charge is 0.588 e. The van der Waals surface area contributed by atoms with E-state index in [-0.39, 0.29) is 6.61 Å². The molecule has 1 aromatic heterocycles. The Morgan fingerprint density at radius 1 is 1.14 bits per heavy atom. The molecule has 5 nitrogen and oxygen atoms in total. The summed E-state index contributed by atoms with van der Waals surface area (Å²) in [5.74, 6) is 0.916. The van der Waals surface area contributed by atoms with E-state index in [4.69, 9.17) is 13.6 Å². The first-order valence-electron chi connectivity index (χ1n) is 6.62. The van der Waals surface area contributed by atoms with Crippen LogP contribution in [0.5, 0.6) is 11.5 Å². The summed E-state index contributed by atoms with van der Waals surface area (Å²) >= 11 is 0. The van der Waals surface area contributed by atoms with Gasteiger partial charge >= 0.3 is 7.82 Å². The molecular weight excluding hydrogens is 289 g/mol. The Morgan fingerprint density at radius 2 is 1.86 bits per heavy atom. The summed E-state index contributed by atoms with van der Waals surface area (Å²) in [4.78, 5) is 4.29. The predicted octanol–water partition coefficient (Wildman–Crippen LogP) is 4.10. The molecule has 6 heteroatoms. The van der Waals surface area contributed by atoms with Crippen molar-refractivity contribution < 1.29 is 18.1 Å². The third kappa shape index (κ3) is 3.09. The number of hydrogen-bond donors (Lipinski definition) is 0. The lowest BCUT2D eigenvalue weighted by Gasteiger charge is -2.24. The summed E-state index contributed by atoms with van der Waals surface area (Å²) in [6, 6.07) is 9.13. The van der Waals surface area contributed by atoms with E-state index < -0.39 is 7.82 Å². The van der Waals surface area contributed by atoms with Crippen LogP contribution in [-0.2, 0) is 15.7 Å². The Balaban J connectivity index is 1.86. The minimum atomic E-state index is -3.66. The number of phosphoric acid groups is 1. The highest BCUT2D eigenvalue weighted by atomic mass is 31.2. The van der Waals surface area contributed by atoms with Crippen LogP contribution >= 0.6 is 7.82 Å². The number of nitrogens with zero attached hydrogens (tertiary/aromatic N) is 1. The van der Waals surface area contributed by atoms with Gasteiger partial charge in [0.15, 0.2) is 5.75 Å². The molecule has 1 unspecified atom stereocenters. The second-order valence-electron chi connectivity index (χ2n) is 5.12. The van der Waals surface area contributed by atoms with Gasteiger partial charge in [-0.2, -0.15) is 0 Å². The molecule has 1 aliphatic heterocycles. The van der Waals surface area contributed by atoms with Crippen LogP contribution in [0.15, 0.2) is 30.3 Å². The van der Waals surface area contributed by atoms with E-state index in [0.29, 0.717) is 17.2 Å². The van der Waals surface area contributed by atoms with Gasteiger partial charge in [0.2, 0.25) is 0 Å². The van der Waals surface area contributed by atoms with Crippen molar-refractivity contribution in [2.75, 3.05) is 0 Å². The van der Waals surface area contributed by atoms with Gasteiger partial charge in [-0.05, 0) is 56.2 Å². The van der Waals surface area contributed by atoms with Crippen LogP contribution in [0.25, 0.3) is 0 Å². The lowest BCUT2D eigenvalue weighted by atomic mass is 10.1. The van der Waals surface area contributed by atoms with Crippen molar-refractivity contribution in [1.82, 2.24) is 4.98 Å². The molecule has 0 aliphatic carbocycles. The summed E-state index contributed by atoms with van der Waals surface area (Å²) in [5, 5.41) is 0. The first-order chi connectivity index (χ1) is 9.93. The molecule has 0 N–H and O–H groups in total. The van der Waals surface area contributed by atoms with Crippen LogP contribution in [0.1, 0.15) is 22.5 Å². The van der Waals surface area contributed by atoms with Gasteiger partial charge in [-0.25, -0.2) is 4.57 Å². The SMILES string of the molecule is Cc1cc(C)cc(OP2(=O)OCc3nc(C)ccc3O2)c1. The molecule has 0 radical (unpaired) electrons. The number of pyridine rings is 1. The van der Waals surface area contributed by atoms with Crippen molar-refractivity contribution >= 4 is 7.82 Å². The van der Waals surface area contributed by atoms with E-state index in [2.05, 4.69) is 4.98 Å². The molecule has 0 bridgehead atoms. The van der Waals surface area contributed by atoms with Gasteiger partial charge in [-0.3, -0.25) is 9.51 Å². The highest BCUT2D eigenvalue weighted by Gasteiger charge is 2.36. The third-order valence-electron chi connectivity index (χ3n) is 3.05. The zero-order chi connectivity index (χ0) is 15.0. The van der Waals surface area contributed by atoms with Gasteiger partial charge in [-0.15, -0.1) is 0 Å². The maximum absolute atomic E-state index is 12.6. The van der Waals surface area contributed by atoms with Crippen molar-refractivity contribution in [3.8, 4) is 11.5 Å². The molecule has 110 valence electrons. The van der Waals surface area contributed by atoms with Crippen molar-refractivity contribution in [2.24, 2.45) is 0 Å². The number of rotatable bonds is 2. The van der Waals surface area contributed by atoms with Gasteiger partial charge < -0.3 is 9.05 Å². The summed E-state index contributed by atoms with van der Waals surface area (Å²) in [5.41, 5.74) is 3.52. The first kappa shape index (κ1) is 14.1. The smallest absolute Gasteiger partial charge is 0.395 e. The topological polar surface area (TPSA) is 57.7 Å². The van der Waals surface area contributed by atoms with Crippen LogP contribution in [0.4, 0.5) is 0 Å². The van der Waals surface area contributed by atoms with Gasteiger partial charge in [0.05, 0.1) is 0 Å². The summed E-state index contributed by atoms with van der Waals surface area (Å²) in [6.45, 7) is 5.88. The van der Waals surface area contributed by atoms with Crippen LogP contribution < -0.4 is 9.05 Å². The second-order valence-corrected chi connectivity index (χ2v) is 6.64. The van der Waals surface area contributed by atoms with Crippen molar-refractivity contribution in [2.45, 2.75) is 27.4 Å². The van der Waals surface area contributed by atoms with Crippen LogP contribution in [0.3, 0.4) is 0 Å². The Morgan fingerprint density at radius 3 is 2.57 bits per heavy atom. The van der Waals surface area contributed by atoms with Gasteiger partial charge in [0.25, 0.3) is 0 Å². The van der Waals surface area contributed by atoms with Crippen LogP contribution in [0, 0.1) is 20.8 Å². The fourth-order valence-corrected chi connectivity index (χ4v) is 3.42. The molecule has 1 atom stereocenters. The first-order valence-corrected chi connectivity index (χ1v) is 8.08. The Bertz CT molecular complexity index is 724. The maximum Gasteiger partial charge on any atom is 0.588 e. The number of aromatic nitrogens is 1. The molecular formula is C15H16NO4P. The lowest BCUT2D eigenvalue weighted by molar-refractivity contribution is 0.178. The molecule has 0 saturated heterocycles. The average Bonchev–Trinajstić information content (AvgIpc) is 2.37. The predicted molar refractivity (Wildman–Crippen MR) is 78.5 cm³/mol. The molecule has 0 saturated carbocycles. The lowest BCUT2D eigenvalue weighted by Crippen LogP contribution is -2.13. The van der Waals surface area contributed by atoms with Crippen LogP contribution in [0.2, 0.25) is 0 Å². The van der Waals surface area contributed by atoms with Crippen LogP contribution in [-0.4, -0.2) is 4.98 Å². The van der Waals surface area contributed by atoms with Gasteiger partial charge in [0, 0.05) is 5.69 Å². The number of hydrogen-bond acceptors (Lipinski definition) is 5. The maximum atomic E-state index is 12.6. The normalized spacial score (nSPS) is 20.5. The molecule has 1 aromatic carbocycles. The summed E-state index contributed by atoms with van der Waals surface area (Å²) < 4.78 is 28.7. The number of phosphoric ester groups is 1. The van der Waals surface area contributed by atoms with Crippen molar-refractivity contribution in [3.05, 3.63) is 52.8 Å². The molecule has 3 rings (SSSR count). The zero-order valence-electron chi connectivity index (χ0n) is 12.1. The van der Waals surface area contributed by atoms with Gasteiger partial charge in [0.1, 0.15) is 18.1 Å². The number of fused-ring (bicyclic) bond motifs is 1. The molecule has 2 aromatic rings. The standard InChI is InChI=1S/C15H16NO4P/c1-10-6-11(2)8-13(7-10)19-21(17)18-9-14-15(20-21)5-4-12(3)16-14/h4-8H,9H2,1-3H3. The van der Waals surface area contributed by atoms with Crippen molar-refractivity contribution in [3.63, 3.8) is 0 Å². The molecule has 2 heterocycles. The Labute approximate surface area is 123 Å². The van der Waals surface area contributed by atoms with E-state index >= 15 is 0 Å². The van der Waals surface area contributed by atoms with E-state index in [1.165, 1.54) is 0 Å². The average molecular weight is 305 g/mol. The van der Waals surface area contributed by atoms with E-state index in [1.807, 2.05) is 26.8 Å². The third-order valence-corrected chi connectivity index (χ3v) is 4.35. The molecule has 1 aliphatic rings. The fourth-order valence-electron chi connectivity index (χ4n) is 2.23. The van der Waals surface area contributed by atoms with E-state index in [1.54, 1.807) is 24.3 Å². The molecule has 21 heavy (non-hydrogen) atoms. The Hall–Kier alpha value is -1.84.